The fourth-order valence-corrected chi connectivity index (χ4v) is 0.946. The van der Waals surface area contributed by atoms with Gasteiger partial charge in [-0.25, -0.2) is 0 Å². The molecule has 0 aromatic heterocycles. The lowest BCUT2D eigenvalue weighted by Gasteiger charge is -1.94. The molecule has 2 N–H and O–H groups in total. The minimum atomic E-state index is 0.506. The highest BCUT2D eigenvalue weighted by Gasteiger charge is 1.88. The molecule has 4 nitrogen and oxygen atoms in total. The lowest BCUT2D eigenvalue weighted by molar-refractivity contribution is 1.26. The lowest BCUT2D eigenvalue weighted by Crippen LogP contribution is -1.91. The standard InChI is InChI=1S/C9H10N4/c10-6-2-4-8-3-1-5-9(7-8)12-13-11/h1-5,7H,6,10H2. The highest BCUT2D eigenvalue weighted by atomic mass is 15.1. The van der Waals surface area contributed by atoms with E-state index >= 15 is 0 Å². The molecule has 0 saturated heterocycles. The molecule has 0 aliphatic heterocycles. The van der Waals surface area contributed by atoms with E-state index in [0.717, 1.165) is 5.56 Å². The van der Waals surface area contributed by atoms with Crippen molar-refractivity contribution in [3.8, 4) is 0 Å². The molecule has 1 aromatic rings. The number of hydrogen-bond donors (Lipinski definition) is 1. The Balaban J connectivity index is 2.91. The van der Waals surface area contributed by atoms with E-state index in [-0.39, 0.29) is 0 Å². The van der Waals surface area contributed by atoms with E-state index in [1.807, 2.05) is 24.3 Å². The summed E-state index contributed by atoms with van der Waals surface area (Å²) in [6.45, 7) is 0.506. The fraction of sp³-hybridized carbons (Fsp3) is 0.111. The summed E-state index contributed by atoms with van der Waals surface area (Å²) in [6.07, 6.45) is 3.73. The van der Waals surface area contributed by atoms with Crippen molar-refractivity contribution in [1.82, 2.24) is 0 Å². The zero-order valence-electron chi connectivity index (χ0n) is 7.09. The molecule has 0 bridgehead atoms. The van der Waals surface area contributed by atoms with Gasteiger partial charge in [0.05, 0.1) is 0 Å². The Morgan fingerprint density at radius 2 is 2.38 bits per heavy atom. The Bertz CT molecular complexity index is 350. The summed E-state index contributed by atoms with van der Waals surface area (Å²) in [6, 6.07) is 7.30. The Hall–Kier alpha value is -1.77. The second-order valence-electron chi connectivity index (χ2n) is 2.42. The van der Waals surface area contributed by atoms with Gasteiger partial charge in [-0.05, 0) is 17.2 Å². The predicted molar refractivity (Wildman–Crippen MR) is 53.3 cm³/mol. The SMILES string of the molecule is [N-]=[N+]=Nc1cccc(C=CCN)c1. The molecule has 0 saturated carbocycles. The molecular formula is C9H10N4. The van der Waals surface area contributed by atoms with E-state index in [9.17, 15) is 0 Å². The van der Waals surface area contributed by atoms with Crippen molar-refractivity contribution in [3.05, 3.63) is 46.3 Å². The average molecular weight is 174 g/mol. The minimum absolute atomic E-state index is 0.506. The molecule has 0 heterocycles. The van der Waals surface area contributed by atoms with Crippen LogP contribution >= 0.6 is 0 Å². The second-order valence-corrected chi connectivity index (χ2v) is 2.42. The summed E-state index contributed by atoms with van der Waals surface area (Å²) in [5.41, 5.74) is 15.1. The van der Waals surface area contributed by atoms with E-state index in [1.54, 1.807) is 12.1 Å². The van der Waals surface area contributed by atoms with Crippen LogP contribution in [-0.2, 0) is 0 Å². The van der Waals surface area contributed by atoms with E-state index < -0.39 is 0 Å². The molecule has 0 spiro atoms. The summed E-state index contributed by atoms with van der Waals surface area (Å²) in [4.78, 5) is 2.70. The predicted octanol–water partition coefficient (Wildman–Crippen LogP) is 2.60. The minimum Gasteiger partial charge on any atom is -0.327 e. The average Bonchev–Trinajstić information content (AvgIpc) is 2.16. The van der Waals surface area contributed by atoms with Gasteiger partial charge < -0.3 is 5.73 Å². The number of azide groups is 1. The highest BCUT2D eigenvalue weighted by molar-refractivity contribution is 5.55. The van der Waals surface area contributed by atoms with Crippen LogP contribution in [0.5, 0.6) is 0 Å². The van der Waals surface area contributed by atoms with Crippen molar-refractivity contribution >= 4 is 11.8 Å². The smallest absolute Gasteiger partial charge is 0.0381 e. The van der Waals surface area contributed by atoms with Gasteiger partial charge in [-0.3, -0.25) is 0 Å². The van der Waals surface area contributed by atoms with Gasteiger partial charge in [0.2, 0.25) is 0 Å². The van der Waals surface area contributed by atoms with Gasteiger partial charge in [0.1, 0.15) is 0 Å². The van der Waals surface area contributed by atoms with Crippen LogP contribution in [0.2, 0.25) is 0 Å². The number of benzene rings is 1. The van der Waals surface area contributed by atoms with Crippen molar-refractivity contribution in [1.29, 1.82) is 0 Å². The first-order valence-corrected chi connectivity index (χ1v) is 3.88. The molecule has 66 valence electrons. The van der Waals surface area contributed by atoms with Gasteiger partial charge in [0, 0.05) is 17.1 Å². The van der Waals surface area contributed by atoms with Crippen LogP contribution < -0.4 is 5.73 Å². The van der Waals surface area contributed by atoms with E-state index in [0.29, 0.717) is 12.2 Å². The Morgan fingerprint density at radius 1 is 1.54 bits per heavy atom. The highest BCUT2D eigenvalue weighted by Crippen LogP contribution is 2.14. The van der Waals surface area contributed by atoms with E-state index in [2.05, 4.69) is 10.0 Å². The largest absolute Gasteiger partial charge is 0.327 e. The molecule has 0 aliphatic rings. The van der Waals surface area contributed by atoms with Gasteiger partial charge in [0.15, 0.2) is 0 Å². The third-order valence-corrected chi connectivity index (χ3v) is 1.48. The Kier molecular flexibility index (Phi) is 3.57. The van der Waals surface area contributed by atoms with Crippen LogP contribution in [0.15, 0.2) is 35.5 Å². The fourth-order valence-electron chi connectivity index (χ4n) is 0.946. The molecule has 0 amide bonds. The van der Waals surface area contributed by atoms with E-state index in [4.69, 9.17) is 11.3 Å². The lowest BCUT2D eigenvalue weighted by atomic mass is 10.2. The summed E-state index contributed by atoms with van der Waals surface area (Å²) in [7, 11) is 0. The molecule has 0 unspecified atom stereocenters. The number of nitrogens with two attached hydrogens (primary N) is 1. The van der Waals surface area contributed by atoms with Gasteiger partial charge >= 0.3 is 0 Å². The molecule has 13 heavy (non-hydrogen) atoms. The Labute approximate surface area is 76.3 Å². The van der Waals surface area contributed by atoms with Crippen molar-refractivity contribution in [3.63, 3.8) is 0 Å². The van der Waals surface area contributed by atoms with Crippen molar-refractivity contribution in [2.45, 2.75) is 0 Å². The maximum Gasteiger partial charge on any atom is 0.0381 e. The topological polar surface area (TPSA) is 74.8 Å². The van der Waals surface area contributed by atoms with Crippen LogP contribution in [0.1, 0.15) is 5.56 Å². The van der Waals surface area contributed by atoms with Crippen molar-refractivity contribution in [2.75, 3.05) is 6.54 Å². The van der Waals surface area contributed by atoms with Crippen LogP contribution in [0.4, 0.5) is 5.69 Å². The zero-order chi connectivity index (χ0) is 9.52. The molecule has 0 aliphatic carbocycles. The first-order chi connectivity index (χ1) is 6.36. The Morgan fingerprint density at radius 3 is 3.08 bits per heavy atom. The molecule has 1 rings (SSSR count). The maximum absolute atomic E-state index is 8.21. The second kappa shape index (κ2) is 4.98. The maximum atomic E-state index is 8.21. The number of hydrogen-bond acceptors (Lipinski definition) is 2. The van der Waals surface area contributed by atoms with Crippen LogP contribution in [0, 0.1) is 0 Å². The summed E-state index contributed by atoms with van der Waals surface area (Å²) in [5, 5.41) is 3.49. The van der Waals surface area contributed by atoms with Crippen molar-refractivity contribution < 1.29 is 0 Å². The summed E-state index contributed by atoms with van der Waals surface area (Å²) >= 11 is 0. The van der Waals surface area contributed by atoms with Gasteiger partial charge in [-0.1, -0.05) is 35.5 Å². The molecular weight excluding hydrogens is 164 g/mol. The first-order valence-electron chi connectivity index (χ1n) is 3.88. The molecule has 1 aromatic carbocycles. The third-order valence-electron chi connectivity index (χ3n) is 1.48. The summed E-state index contributed by atoms with van der Waals surface area (Å²) in [5.74, 6) is 0. The quantitative estimate of drug-likeness (QED) is 0.427. The van der Waals surface area contributed by atoms with Gasteiger partial charge in [-0.15, -0.1) is 0 Å². The van der Waals surface area contributed by atoms with Crippen LogP contribution in [-0.4, -0.2) is 6.54 Å². The third kappa shape index (κ3) is 2.99. The monoisotopic (exact) mass is 174 g/mol. The van der Waals surface area contributed by atoms with Gasteiger partial charge in [0.25, 0.3) is 0 Å². The molecule has 0 fully saturated rings. The molecule has 0 atom stereocenters. The van der Waals surface area contributed by atoms with Gasteiger partial charge in [-0.2, -0.15) is 0 Å². The first kappa shape index (κ1) is 9.32. The number of nitrogens with zero attached hydrogens (tertiary/aromatic N) is 3. The number of rotatable bonds is 3. The zero-order valence-corrected chi connectivity index (χ0v) is 7.09. The van der Waals surface area contributed by atoms with Crippen LogP contribution in [0.3, 0.4) is 0 Å². The van der Waals surface area contributed by atoms with Crippen LogP contribution in [0.25, 0.3) is 16.5 Å². The van der Waals surface area contributed by atoms with E-state index in [1.165, 1.54) is 0 Å². The normalized spacial score (nSPS) is 9.92. The van der Waals surface area contributed by atoms with Crippen molar-refractivity contribution in [2.24, 2.45) is 10.8 Å². The molecule has 4 heteroatoms. The molecule has 0 radical (unpaired) electrons. The summed E-state index contributed by atoms with van der Waals surface area (Å²) < 4.78 is 0.